The molecule has 1 aromatic heterocycles. The minimum absolute atomic E-state index is 0.0751. The van der Waals surface area contributed by atoms with Crippen LogP contribution in [0, 0.1) is 0 Å². The number of benzene rings is 1. The lowest BCUT2D eigenvalue weighted by molar-refractivity contribution is 0.0703. The largest absolute Gasteiger partial charge is 0.459 e. The molecule has 2 aromatic rings. The Labute approximate surface area is 105 Å². The molecule has 2 N–H and O–H groups in total. The minimum Gasteiger partial charge on any atom is -0.459 e. The van der Waals surface area contributed by atoms with Crippen molar-refractivity contribution in [1.29, 1.82) is 0 Å². The Hall–Kier alpha value is -2.23. The molecule has 0 unspecified atom stereocenters. The monoisotopic (exact) mass is 242 g/mol. The van der Waals surface area contributed by atoms with Crippen LogP contribution < -0.4 is 5.73 Å². The highest BCUT2D eigenvalue weighted by Crippen LogP contribution is 2.25. The summed E-state index contributed by atoms with van der Waals surface area (Å²) in [6, 6.07) is 9.31. The molecule has 18 heavy (non-hydrogen) atoms. The fourth-order valence-electron chi connectivity index (χ4n) is 2.34. The Bertz CT molecular complexity index is 575. The van der Waals surface area contributed by atoms with Gasteiger partial charge in [-0.15, -0.1) is 0 Å². The lowest BCUT2D eigenvalue weighted by Gasteiger charge is -2.29. The number of amides is 1. The Morgan fingerprint density at radius 1 is 1.28 bits per heavy atom. The van der Waals surface area contributed by atoms with Crippen LogP contribution in [0.3, 0.4) is 0 Å². The highest BCUT2D eigenvalue weighted by Gasteiger charge is 2.24. The summed E-state index contributed by atoms with van der Waals surface area (Å²) in [4.78, 5) is 13.9. The van der Waals surface area contributed by atoms with Gasteiger partial charge in [-0.1, -0.05) is 12.1 Å². The van der Waals surface area contributed by atoms with Crippen LogP contribution in [0.15, 0.2) is 41.0 Å². The lowest BCUT2D eigenvalue weighted by atomic mass is 9.98. The molecule has 92 valence electrons. The molecule has 0 saturated carbocycles. The Balaban J connectivity index is 1.87. The molecule has 0 aliphatic carbocycles. The van der Waals surface area contributed by atoms with Gasteiger partial charge in [-0.05, 0) is 35.7 Å². The van der Waals surface area contributed by atoms with E-state index in [1.54, 1.807) is 17.0 Å². The van der Waals surface area contributed by atoms with E-state index < -0.39 is 0 Å². The first-order chi connectivity index (χ1) is 8.75. The van der Waals surface area contributed by atoms with Crippen LogP contribution in [0.1, 0.15) is 21.7 Å². The molecule has 1 amide bonds. The number of furan rings is 1. The van der Waals surface area contributed by atoms with E-state index in [9.17, 15) is 4.79 Å². The maximum Gasteiger partial charge on any atom is 0.289 e. The SMILES string of the molecule is Nc1cccc2c1CN(C(=O)c1ccco1)CC2. The molecule has 0 atom stereocenters. The van der Waals surface area contributed by atoms with Gasteiger partial charge in [0.25, 0.3) is 5.91 Å². The van der Waals surface area contributed by atoms with Crippen LogP contribution in [0.25, 0.3) is 0 Å². The number of hydrogen-bond acceptors (Lipinski definition) is 3. The second kappa shape index (κ2) is 4.22. The van der Waals surface area contributed by atoms with Crippen molar-refractivity contribution in [2.75, 3.05) is 12.3 Å². The van der Waals surface area contributed by atoms with Crippen LogP contribution in [-0.4, -0.2) is 17.4 Å². The number of fused-ring (bicyclic) bond motifs is 1. The molecule has 1 aliphatic heterocycles. The summed E-state index contributed by atoms with van der Waals surface area (Å²) >= 11 is 0. The van der Waals surface area contributed by atoms with Crippen molar-refractivity contribution >= 4 is 11.6 Å². The topological polar surface area (TPSA) is 59.5 Å². The first-order valence-corrected chi connectivity index (χ1v) is 5.95. The molecular weight excluding hydrogens is 228 g/mol. The van der Waals surface area contributed by atoms with Gasteiger partial charge in [-0.2, -0.15) is 0 Å². The molecule has 4 heteroatoms. The third kappa shape index (κ3) is 1.76. The third-order valence-corrected chi connectivity index (χ3v) is 3.33. The van der Waals surface area contributed by atoms with Gasteiger partial charge < -0.3 is 15.1 Å². The van der Waals surface area contributed by atoms with Gasteiger partial charge in [0.05, 0.1) is 6.26 Å². The highest BCUT2D eigenvalue weighted by atomic mass is 16.3. The summed E-state index contributed by atoms with van der Waals surface area (Å²) in [5.41, 5.74) is 9.01. The standard InChI is InChI=1S/C14H14N2O2/c15-12-4-1-3-10-6-7-16(9-11(10)12)14(17)13-5-2-8-18-13/h1-5,8H,6-7,9,15H2. The summed E-state index contributed by atoms with van der Waals surface area (Å²) in [6.07, 6.45) is 2.35. The number of nitrogens with two attached hydrogens (primary N) is 1. The van der Waals surface area contributed by atoms with Crippen LogP contribution in [-0.2, 0) is 13.0 Å². The van der Waals surface area contributed by atoms with Crippen molar-refractivity contribution < 1.29 is 9.21 Å². The molecule has 0 bridgehead atoms. The van der Waals surface area contributed by atoms with E-state index in [2.05, 4.69) is 6.07 Å². The van der Waals surface area contributed by atoms with Crippen molar-refractivity contribution in [2.24, 2.45) is 0 Å². The predicted octanol–water partition coefficient (Wildman–Crippen LogP) is 2.06. The predicted molar refractivity (Wildman–Crippen MR) is 68.0 cm³/mol. The maximum atomic E-state index is 12.2. The molecule has 0 radical (unpaired) electrons. The second-order valence-corrected chi connectivity index (χ2v) is 4.44. The molecule has 3 rings (SSSR count). The number of hydrogen-bond donors (Lipinski definition) is 1. The summed E-state index contributed by atoms with van der Waals surface area (Å²) in [5, 5.41) is 0. The van der Waals surface area contributed by atoms with Crippen LogP contribution >= 0.6 is 0 Å². The van der Waals surface area contributed by atoms with E-state index in [1.165, 1.54) is 11.8 Å². The van der Waals surface area contributed by atoms with Gasteiger partial charge in [0, 0.05) is 18.8 Å². The van der Waals surface area contributed by atoms with Crippen LogP contribution in [0.5, 0.6) is 0 Å². The zero-order valence-electron chi connectivity index (χ0n) is 9.93. The van der Waals surface area contributed by atoms with Gasteiger partial charge >= 0.3 is 0 Å². The number of anilines is 1. The third-order valence-electron chi connectivity index (χ3n) is 3.33. The first-order valence-electron chi connectivity index (χ1n) is 5.95. The number of carbonyl (C=O) groups is 1. The molecule has 2 heterocycles. The van der Waals surface area contributed by atoms with Crippen molar-refractivity contribution in [2.45, 2.75) is 13.0 Å². The van der Waals surface area contributed by atoms with E-state index >= 15 is 0 Å². The highest BCUT2D eigenvalue weighted by molar-refractivity contribution is 5.91. The van der Waals surface area contributed by atoms with Gasteiger partial charge in [0.2, 0.25) is 0 Å². The van der Waals surface area contributed by atoms with E-state index in [-0.39, 0.29) is 5.91 Å². The number of nitrogen functional groups attached to an aromatic ring is 1. The molecule has 0 spiro atoms. The zero-order chi connectivity index (χ0) is 12.5. The summed E-state index contributed by atoms with van der Waals surface area (Å²) in [5.74, 6) is 0.307. The number of rotatable bonds is 1. The van der Waals surface area contributed by atoms with E-state index in [0.29, 0.717) is 18.8 Å². The van der Waals surface area contributed by atoms with E-state index in [0.717, 1.165) is 17.7 Å². The Morgan fingerprint density at radius 3 is 2.94 bits per heavy atom. The minimum atomic E-state index is -0.0751. The summed E-state index contributed by atoms with van der Waals surface area (Å²) < 4.78 is 5.14. The number of carbonyl (C=O) groups excluding carboxylic acids is 1. The van der Waals surface area contributed by atoms with Crippen molar-refractivity contribution in [3.63, 3.8) is 0 Å². The van der Waals surface area contributed by atoms with Gasteiger partial charge in [-0.3, -0.25) is 4.79 Å². The van der Waals surface area contributed by atoms with Gasteiger partial charge in [0.15, 0.2) is 5.76 Å². The number of nitrogens with zero attached hydrogens (tertiary/aromatic N) is 1. The van der Waals surface area contributed by atoms with Crippen LogP contribution in [0.4, 0.5) is 5.69 Å². The van der Waals surface area contributed by atoms with E-state index in [1.807, 2.05) is 12.1 Å². The van der Waals surface area contributed by atoms with Gasteiger partial charge in [0.1, 0.15) is 0 Å². The smallest absolute Gasteiger partial charge is 0.289 e. The zero-order valence-corrected chi connectivity index (χ0v) is 9.93. The Kier molecular flexibility index (Phi) is 2.55. The van der Waals surface area contributed by atoms with Crippen molar-refractivity contribution in [3.05, 3.63) is 53.5 Å². The maximum absolute atomic E-state index is 12.2. The average Bonchev–Trinajstić information content (AvgIpc) is 2.92. The first kappa shape index (κ1) is 10.9. The van der Waals surface area contributed by atoms with Crippen molar-refractivity contribution in [1.82, 2.24) is 4.90 Å². The molecule has 4 nitrogen and oxygen atoms in total. The fourth-order valence-corrected chi connectivity index (χ4v) is 2.34. The normalized spacial score (nSPS) is 14.3. The summed E-state index contributed by atoms with van der Waals surface area (Å²) in [6.45, 7) is 1.26. The van der Waals surface area contributed by atoms with Crippen LogP contribution in [0.2, 0.25) is 0 Å². The fraction of sp³-hybridized carbons (Fsp3) is 0.214. The molecule has 0 fully saturated rings. The lowest BCUT2D eigenvalue weighted by Crippen LogP contribution is -2.36. The second-order valence-electron chi connectivity index (χ2n) is 4.44. The van der Waals surface area contributed by atoms with E-state index in [4.69, 9.17) is 10.2 Å². The quantitative estimate of drug-likeness (QED) is 0.779. The van der Waals surface area contributed by atoms with Crippen molar-refractivity contribution in [3.8, 4) is 0 Å². The molecule has 0 saturated heterocycles. The molecular formula is C14H14N2O2. The van der Waals surface area contributed by atoms with Gasteiger partial charge in [-0.25, -0.2) is 0 Å². The average molecular weight is 242 g/mol. The Morgan fingerprint density at radius 2 is 2.17 bits per heavy atom. The summed E-state index contributed by atoms with van der Waals surface area (Å²) in [7, 11) is 0. The molecule has 1 aliphatic rings. The molecule has 1 aromatic carbocycles.